The van der Waals surface area contributed by atoms with Crippen molar-refractivity contribution in [2.24, 2.45) is 0 Å². The summed E-state index contributed by atoms with van der Waals surface area (Å²) in [7, 11) is 1.57. The van der Waals surface area contributed by atoms with Crippen LogP contribution in [0.1, 0.15) is 33.2 Å². The smallest absolute Gasteiger partial charge is 0.150 e. The van der Waals surface area contributed by atoms with E-state index in [1.807, 2.05) is 36.4 Å². The van der Waals surface area contributed by atoms with E-state index in [2.05, 4.69) is 11.8 Å². The molecule has 1 N–H and O–H groups in total. The summed E-state index contributed by atoms with van der Waals surface area (Å²) < 4.78 is 5.16. The first kappa shape index (κ1) is 15.0. The normalized spacial score (nSPS) is 11.3. The third-order valence-electron chi connectivity index (χ3n) is 3.13. The van der Waals surface area contributed by atoms with Crippen molar-refractivity contribution in [3.05, 3.63) is 70.8 Å². The Bertz CT molecular complexity index is 642. The molecule has 0 saturated heterocycles. The molecule has 0 amide bonds. The van der Waals surface area contributed by atoms with Crippen molar-refractivity contribution in [2.45, 2.75) is 6.10 Å². The molecule has 2 aromatic carbocycles. The summed E-state index contributed by atoms with van der Waals surface area (Å²) in [6, 6.07) is 14.7. The lowest BCUT2D eigenvalue weighted by Gasteiger charge is -2.12. The minimum Gasteiger partial charge on any atom is -0.393 e. The summed E-state index contributed by atoms with van der Waals surface area (Å²) in [6.45, 7) is -0.0510. The highest BCUT2D eigenvalue weighted by Crippen LogP contribution is 2.16. The van der Waals surface area contributed by atoms with E-state index in [9.17, 15) is 4.79 Å². The van der Waals surface area contributed by atoms with Gasteiger partial charge in [-0.05, 0) is 29.8 Å². The minimum absolute atomic E-state index is 0.0510. The maximum atomic E-state index is 10.6. The third-order valence-corrected chi connectivity index (χ3v) is 3.13. The summed E-state index contributed by atoms with van der Waals surface area (Å²) in [5, 5.41) is 9.17. The monoisotopic (exact) mass is 280 g/mol. The van der Waals surface area contributed by atoms with Crippen molar-refractivity contribution < 1.29 is 14.6 Å². The Labute approximate surface area is 124 Å². The van der Waals surface area contributed by atoms with Gasteiger partial charge in [-0.2, -0.15) is 0 Å². The molecular formula is C18H16O3. The van der Waals surface area contributed by atoms with E-state index in [-0.39, 0.29) is 12.7 Å². The Morgan fingerprint density at radius 1 is 1.05 bits per heavy atom. The third kappa shape index (κ3) is 4.03. The van der Waals surface area contributed by atoms with Gasteiger partial charge in [0.25, 0.3) is 0 Å². The van der Waals surface area contributed by atoms with Crippen LogP contribution < -0.4 is 0 Å². The predicted molar refractivity (Wildman–Crippen MR) is 81.1 cm³/mol. The average molecular weight is 280 g/mol. The van der Waals surface area contributed by atoms with Gasteiger partial charge in [-0.1, -0.05) is 36.1 Å². The van der Waals surface area contributed by atoms with Crippen LogP contribution in [-0.4, -0.2) is 25.1 Å². The Hall–Kier alpha value is -2.41. The molecule has 0 aliphatic rings. The van der Waals surface area contributed by atoms with Gasteiger partial charge in [0.1, 0.15) is 12.4 Å². The summed E-state index contributed by atoms with van der Waals surface area (Å²) in [5.41, 5.74) is 3.29. The second-order valence-corrected chi connectivity index (χ2v) is 4.52. The molecule has 1 unspecified atom stereocenters. The number of carbonyl (C=O) groups is 1. The lowest BCUT2D eigenvalue weighted by Crippen LogP contribution is -2.05. The lowest BCUT2D eigenvalue weighted by molar-refractivity contribution is 0.0484. The Morgan fingerprint density at radius 2 is 1.57 bits per heavy atom. The van der Waals surface area contributed by atoms with Crippen LogP contribution in [0.2, 0.25) is 0 Å². The van der Waals surface area contributed by atoms with Crippen LogP contribution in [0.25, 0.3) is 0 Å². The van der Waals surface area contributed by atoms with Crippen LogP contribution in [-0.2, 0) is 4.74 Å². The number of rotatable bonds is 4. The van der Waals surface area contributed by atoms with Crippen molar-refractivity contribution >= 4 is 6.29 Å². The molecule has 0 bridgehead atoms. The maximum absolute atomic E-state index is 10.6. The zero-order valence-electron chi connectivity index (χ0n) is 11.7. The second kappa shape index (κ2) is 7.39. The highest BCUT2D eigenvalue weighted by molar-refractivity contribution is 5.74. The molecule has 0 spiro atoms. The van der Waals surface area contributed by atoms with E-state index in [1.165, 1.54) is 0 Å². The second-order valence-electron chi connectivity index (χ2n) is 4.52. The molecule has 21 heavy (non-hydrogen) atoms. The van der Waals surface area contributed by atoms with Gasteiger partial charge in [-0.25, -0.2) is 0 Å². The highest BCUT2D eigenvalue weighted by Gasteiger charge is 2.07. The molecule has 0 radical (unpaired) electrons. The first-order chi connectivity index (χ1) is 10.3. The summed E-state index contributed by atoms with van der Waals surface area (Å²) >= 11 is 0. The standard InChI is InChI=1S/C18H16O3/c1-21-18(13-20)17-10-8-15(9-11-17)3-2-14-4-6-16(12-19)7-5-14/h4-12,18,20H,13H2,1H3. The molecule has 0 aromatic heterocycles. The van der Waals surface area contributed by atoms with E-state index in [0.717, 1.165) is 23.0 Å². The molecule has 0 fully saturated rings. The number of aliphatic hydroxyl groups is 1. The SMILES string of the molecule is COC(CO)c1ccc(C#Cc2ccc(C=O)cc2)cc1. The van der Waals surface area contributed by atoms with Crippen LogP contribution in [0.5, 0.6) is 0 Å². The van der Waals surface area contributed by atoms with Crippen molar-refractivity contribution in [1.29, 1.82) is 0 Å². The van der Waals surface area contributed by atoms with Gasteiger partial charge in [0.05, 0.1) is 6.61 Å². The van der Waals surface area contributed by atoms with E-state index < -0.39 is 0 Å². The fourth-order valence-electron chi connectivity index (χ4n) is 1.89. The molecule has 2 rings (SSSR count). The van der Waals surface area contributed by atoms with Gasteiger partial charge < -0.3 is 9.84 Å². The topological polar surface area (TPSA) is 46.5 Å². The van der Waals surface area contributed by atoms with Gasteiger partial charge in [0, 0.05) is 23.8 Å². The quantitative estimate of drug-likeness (QED) is 0.691. The lowest BCUT2D eigenvalue weighted by atomic mass is 10.1. The zero-order chi connectivity index (χ0) is 15.1. The van der Waals surface area contributed by atoms with E-state index in [4.69, 9.17) is 9.84 Å². The largest absolute Gasteiger partial charge is 0.393 e. The van der Waals surface area contributed by atoms with Gasteiger partial charge >= 0.3 is 0 Å². The first-order valence-electron chi connectivity index (χ1n) is 6.57. The molecule has 3 nitrogen and oxygen atoms in total. The number of ether oxygens (including phenoxy) is 1. The molecule has 0 saturated carbocycles. The Morgan fingerprint density at radius 3 is 2.00 bits per heavy atom. The number of methoxy groups -OCH3 is 1. The molecular weight excluding hydrogens is 264 g/mol. The zero-order valence-corrected chi connectivity index (χ0v) is 11.7. The molecule has 0 aliphatic carbocycles. The molecule has 106 valence electrons. The van der Waals surface area contributed by atoms with E-state index in [0.29, 0.717) is 5.56 Å². The van der Waals surface area contributed by atoms with Crippen LogP contribution >= 0.6 is 0 Å². The van der Waals surface area contributed by atoms with E-state index >= 15 is 0 Å². The van der Waals surface area contributed by atoms with Crippen LogP contribution in [0.15, 0.2) is 48.5 Å². The van der Waals surface area contributed by atoms with Gasteiger partial charge in [0.2, 0.25) is 0 Å². The van der Waals surface area contributed by atoms with Gasteiger partial charge in [-0.15, -0.1) is 0 Å². The number of aliphatic hydroxyl groups excluding tert-OH is 1. The number of aldehydes is 1. The predicted octanol–water partition coefficient (Wildman–Crippen LogP) is 2.58. The van der Waals surface area contributed by atoms with Crippen molar-refractivity contribution in [2.75, 3.05) is 13.7 Å². The summed E-state index contributed by atoms with van der Waals surface area (Å²) in [4.78, 5) is 10.6. The van der Waals surface area contributed by atoms with Crippen molar-refractivity contribution in [3.8, 4) is 11.8 Å². The molecule has 1 atom stereocenters. The number of benzene rings is 2. The first-order valence-corrected chi connectivity index (χ1v) is 6.57. The molecule has 2 aromatic rings. The number of hydrogen-bond acceptors (Lipinski definition) is 3. The van der Waals surface area contributed by atoms with Gasteiger partial charge in [-0.3, -0.25) is 4.79 Å². The van der Waals surface area contributed by atoms with Crippen LogP contribution in [0.3, 0.4) is 0 Å². The highest BCUT2D eigenvalue weighted by atomic mass is 16.5. The van der Waals surface area contributed by atoms with Crippen molar-refractivity contribution in [1.82, 2.24) is 0 Å². The van der Waals surface area contributed by atoms with Gasteiger partial charge in [0.15, 0.2) is 0 Å². The molecule has 3 heteroatoms. The molecule has 0 heterocycles. The molecule has 0 aliphatic heterocycles. The van der Waals surface area contributed by atoms with E-state index in [1.54, 1.807) is 19.2 Å². The fourth-order valence-corrected chi connectivity index (χ4v) is 1.89. The summed E-state index contributed by atoms with van der Waals surface area (Å²) in [5.74, 6) is 6.10. The van der Waals surface area contributed by atoms with Crippen molar-refractivity contribution in [3.63, 3.8) is 0 Å². The van der Waals surface area contributed by atoms with Crippen LogP contribution in [0.4, 0.5) is 0 Å². The summed E-state index contributed by atoms with van der Waals surface area (Å²) in [6.07, 6.45) is 0.506. The average Bonchev–Trinajstić information content (AvgIpc) is 2.55. The number of hydrogen-bond donors (Lipinski definition) is 1. The van der Waals surface area contributed by atoms with Crippen LogP contribution in [0, 0.1) is 11.8 Å². The number of carbonyl (C=O) groups excluding carboxylic acids is 1. The minimum atomic E-state index is -0.303. The Kier molecular flexibility index (Phi) is 5.28. The maximum Gasteiger partial charge on any atom is 0.150 e. The Balaban J connectivity index is 2.13. The fraction of sp³-hybridized carbons (Fsp3) is 0.167.